The Labute approximate surface area is 171 Å². The van der Waals surface area contributed by atoms with E-state index in [1.807, 2.05) is 67.5 Å². The fourth-order valence-electron chi connectivity index (χ4n) is 3.02. The van der Waals surface area contributed by atoms with Crippen LogP contribution < -0.4 is 10.6 Å². The van der Waals surface area contributed by atoms with Gasteiger partial charge in [-0.3, -0.25) is 9.59 Å². The molecule has 0 heterocycles. The number of rotatable bonds is 7. The summed E-state index contributed by atoms with van der Waals surface area (Å²) in [6, 6.07) is 25.7. The molecule has 0 fully saturated rings. The minimum absolute atomic E-state index is 0.115. The Morgan fingerprint density at radius 1 is 0.759 bits per heavy atom. The van der Waals surface area contributed by atoms with Gasteiger partial charge in [0.25, 0.3) is 11.8 Å². The Morgan fingerprint density at radius 3 is 1.90 bits per heavy atom. The van der Waals surface area contributed by atoms with Crippen LogP contribution in [0.15, 0.2) is 84.9 Å². The van der Waals surface area contributed by atoms with E-state index in [0.717, 1.165) is 5.56 Å². The number of nitrogens with zero attached hydrogens (tertiary/aromatic N) is 1. The molecule has 5 heteroatoms. The summed E-state index contributed by atoms with van der Waals surface area (Å²) in [6.45, 7) is 0.695. The van der Waals surface area contributed by atoms with E-state index in [1.54, 1.807) is 36.4 Å². The lowest BCUT2D eigenvalue weighted by Gasteiger charge is -2.23. The first-order valence-corrected chi connectivity index (χ1v) is 9.50. The molecule has 0 aliphatic heterocycles. The van der Waals surface area contributed by atoms with Gasteiger partial charge in [-0.05, 0) is 56.1 Å². The number of hydrogen-bond acceptors (Lipinski definition) is 3. The lowest BCUT2D eigenvalue weighted by Crippen LogP contribution is -2.35. The van der Waals surface area contributed by atoms with Crippen LogP contribution in [0.25, 0.3) is 0 Å². The predicted molar refractivity (Wildman–Crippen MR) is 116 cm³/mol. The van der Waals surface area contributed by atoms with Crippen molar-refractivity contribution in [3.8, 4) is 0 Å². The summed E-state index contributed by atoms with van der Waals surface area (Å²) in [5.41, 5.74) is 2.83. The molecule has 0 unspecified atom stereocenters. The molecule has 3 rings (SSSR count). The summed E-state index contributed by atoms with van der Waals surface area (Å²) in [6.07, 6.45) is 0. The average molecular weight is 387 g/mol. The summed E-state index contributed by atoms with van der Waals surface area (Å²) in [5.74, 6) is -0.334. The molecule has 0 aromatic heterocycles. The summed E-state index contributed by atoms with van der Waals surface area (Å²) in [5, 5.41) is 5.94. The monoisotopic (exact) mass is 387 g/mol. The Balaban J connectivity index is 1.66. The highest BCUT2D eigenvalue weighted by Crippen LogP contribution is 2.16. The van der Waals surface area contributed by atoms with Crippen molar-refractivity contribution < 1.29 is 9.59 Å². The molecule has 0 saturated heterocycles. The molecular formula is C24H25N3O2. The van der Waals surface area contributed by atoms with Crippen molar-refractivity contribution >= 4 is 17.5 Å². The standard InChI is InChI=1S/C24H25N3O2/c1-27(2)17-22(18-9-5-3-6-10-18)26-24(29)20-13-15-21(16-14-20)25-23(28)19-11-7-4-8-12-19/h3-16,22H,17H2,1-2H3,(H,25,28)(H,26,29)/t22-/m0/s1. The van der Waals surface area contributed by atoms with E-state index in [9.17, 15) is 9.59 Å². The number of benzene rings is 3. The van der Waals surface area contributed by atoms with E-state index in [0.29, 0.717) is 23.4 Å². The SMILES string of the molecule is CN(C)C[C@H](NC(=O)c1ccc(NC(=O)c2ccccc2)cc1)c1ccccc1. The molecule has 2 amide bonds. The van der Waals surface area contributed by atoms with Crippen LogP contribution in [0, 0.1) is 0 Å². The molecule has 148 valence electrons. The van der Waals surface area contributed by atoms with Gasteiger partial charge >= 0.3 is 0 Å². The second-order valence-electron chi connectivity index (χ2n) is 7.10. The van der Waals surface area contributed by atoms with Crippen LogP contribution >= 0.6 is 0 Å². The first-order valence-electron chi connectivity index (χ1n) is 9.50. The second kappa shape index (κ2) is 9.66. The van der Waals surface area contributed by atoms with Crippen LogP contribution in [-0.4, -0.2) is 37.4 Å². The van der Waals surface area contributed by atoms with E-state index in [-0.39, 0.29) is 17.9 Å². The van der Waals surface area contributed by atoms with Crippen molar-refractivity contribution in [2.45, 2.75) is 6.04 Å². The molecule has 3 aromatic carbocycles. The highest BCUT2D eigenvalue weighted by molar-refractivity contribution is 6.04. The summed E-state index contributed by atoms with van der Waals surface area (Å²) in [7, 11) is 3.96. The third-order valence-electron chi connectivity index (χ3n) is 4.50. The van der Waals surface area contributed by atoms with E-state index in [2.05, 4.69) is 10.6 Å². The number of likely N-dealkylation sites (N-methyl/N-ethyl adjacent to an activating group) is 1. The maximum absolute atomic E-state index is 12.7. The predicted octanol–water partition coefficient (Wildman–Crippen LogP) is 3.97. The number of carbonyl (C=O) groups is 2. The highest BCUT2D eigenvalue weighted by atomic mass is 16.2. The third kappa shape index (κ3) is 5.77. The van der Waals surface area contributed by atoms with E-state index in [4.69, 9.17) is 0 Å². The molecular weight excluding hydrogens is 362 g/mol. The summed E-state index contributed by atoms with van der Waals surface area (Å²) in [4.78, 5) is 27.0. The van der Waals surface area contributed by atoms with Gasteiger partial charge in [-0.15, -0.1) is 0 Å². The van der Waals surface area contributed by atoms with Crippen molar-refractivity contribution in [3.63, 3.8) is 0 Å². The van der Waals surface area contributed by atoms with Crippen molar-refractivity contribution in [3.05, 3.63) is 102 Å². The zero-order valence-electron chi connectivity index (χ0n) is 16.6. The molecule has 29 heavy (non-hydrogen) atoms. The lowest BCUT2D eigenvalue weighted by molar-refractivity contribution is 0.0929. The average Bonchev–Trinajstić information content (AvgIpc) is 2.74. The molecule has 0 bridgehead atoms. The number of nitrogens with one attached hydrogen (secondary N) is 2. The first kappa shape index (κ1) is 20.3. The zero-order valence-corrected chi connectivity index (χ0v) is 16.6. The van der Waals surface area contributed by atoms with Gasteiger partial charge in [-0.2, -0.15) is 0 Å². The Morgan fingerprint density at radius 2 is 1.31 bits per heavy atom. The van der Waals surface area contributed by atoms with Crippen molar-refractivity contribution in [2.24, 2.45) is 0 Å². The van der Waals surface area contributed by atoms with Crippen LogP contribution in [-0.2, 0) is 0 Å². The molecule has 1 atom stereocenters. The van der Waals surface area contributed by atoms with E-state index >= 15 is 0 Å². The van der Waals surface area contributed by atoms with Gasteiger partial charge in [0.1, 0.15) is 0 Å². The molecule has 5 nitrogen and oxygen atoms in total. The van der Waals surface area contributed by atoms with Gasteiger partial charge in [0, 0.05) is 23.4 Å². The van der Waals surface area contributed by atoms with Crippen molar-refractivity contribution in [2.75, 3.05) is 26.0 Å². The van der Waals surface area contributed by atoms with Gasteiger partial charge in [0.15, 0.2) is 0 Å². The van der Waals surface area contributed by atoms with Crippen LogP contribution in [0.5, 0.6) is 0 Å². The number of anilines is 1. The van der Waals surface area contributed by atoms with Gasteiger partial charge in [-0.1, -0.05) is 48.5 Å². The lowest BCUT2D eigenvalue weighted by atomic mass is 10.1. The number of hydrogen-bond donors (Lipinski definition) is 2. The minimum atomic E-state index is -0.182. The minimum Gasteiger partial charge on any atom is -0.344 e. The molecule has 0 radical (unpaired) electrons. The second-order valence-corrected chi connectivity index (χ2v) is 7.10. The molecule has 0 aliphatic rings. The Bertz CT molecular complexity index is 939. The van der Waals surface area contributed by atoms with Gasteiger partial charge in [-0.25, -0.2) is 0 Å². The maximum Gasteiger partial charge on any atom is 0.255 e. The normalized spacial score (nSPS) is 11.7. The molecule has 3 aromatic rings. The van der Waals surface area contributed by atoms with E-state index < -0.39 is 0 Å². The molecule has 0 spiro atoms. The maximum atomic E-state index is 12.7. The number of carbonyl (C=O) groups excluding carboxylic acids is 2. The largest absolute Gasteiger partial charge is 0.344 e. The molecule has 2 N–H and O–H groups in total. The first-order chi connectivity index (χ1) is 14.0. The van der Waals surface area contributed by atoms with Gasteiger partial charge in [0.05, 0.1) is 6.04 Å². The topological polar surface area (TPSA) is 61.4 Å². The van der Waals surface area contributed by atoms with Gasteiger partial charge in [0.2, 0.25) is 0 Å². The van der Waals surface area contributed by atoms with Crippen LogP contribution in [0.2, 0.25) is 0 Å². The van der Waals surface area contributed by atoms with Crippen LogP contribution in [0.4, 0.5) is 5.69 Å². The Kier molecular flexibility index (Phi) is 6.76. The van der Waals surface area contributed by atoms with Crippen LogP contribution in [0.3, 0.4) is 0 Å². The van der Waals surface area contributed by atoms with Crippen molar-refractivity contribution in [1.82, 2.24) is 10.2 Å². The highest BCUT2D eigenvalue weighted by Gasteiger charge is 2.16. The summed E-state index contributed by atoms with van der Waals surface area (Å²) < 4.78 is 0. The quantitative estimate of drug-likeness (QED) is 0.645. The van der Waals surface area contributed by atoms with Crippen LogP contribution in [0.1, 0.15) is 32.3 Å². The zero-order chi connectivity index (χ0) is 20.6. The van der Waals surface area contributed by atoms with Gasteiger partial charge < -0.3 is 15.5 Å². The third-order valence-corrected chi connectivity index (χ3v) is 4.50. The molecule has 0 aliphatic carbocycles. The summed E-state index contributed by atoms with van der Waals surface area (Å²) >= 11 is 0. The Hall–Kier alpha value is -3.44. The number of amides is 2. The smallest absolute Gasteiger partial charge is 0.255 e. The fraction of sp³-hybridized carbons (Fsp3) is 0.167. The fourth-order valence-corrected chi connectivity index (χ4v) is 3.02. The van der Waals surface area contributed by atoms with E-state index in [1.165, 1.54) is 0 Å². The molecule has 0 saturated carbocycles. The van der Waals surface area contributed by atoms with Crippen molar-refractivity contribution in [1.29, 1.82) is 0 Å².